The van der Waals surface area contributed by atoms with Crippen LogP contribution < -0.4 is 10.4 Å². The van der Waals surface area contributed by atoms with E-state index in [1.54, 1.807) is 17.0 Å². The second-order valence-corrected chi connectivity index (χ2v) is 8.24. The van der Waals surface area contributed by atoms with Crippen molar-refractivity contribution in [2.24, 2.45) is 0 Å². The summed E-state index contributed by atoms with van der Waals surface area (Å²) in [4.78, 5) is 14.5. The Morgan fingerprint density at radius 3 is 2.30 bits per heavy atom. The molecule has 1 saturated heterocycles. The number of anilines is 1. The maximum Gasteiger partial charge on any atom is 0.495 e. The Hall–Kier alpha value is -2.18. The Kier molecular flexibility index (Phi) is 3.98. The molecular formula is C21H23BFNO3. The van der Waals surface area contributed by atoms with Gasteiger partial charge in [0.15, 0.2) is 0 Å². The minimum atomic E-state index is -0.508. The fraction of sp³-hybridized carbons (Fsp3) is 0.381. The molecular weight excluding hydrogens is 344 g/mol. The molecule has 4 rings (SSSR count). The molecule has 140 valence electrons. The number of halogens is 1. The molecule has 1 fully saturated rings. The third-order valence-electron chi connectivity index (χ3n) is 6.03. The van der Waals surface area contributed by atoms with Gasteiger partial charge in [0.25, 0.3) is 5.91 Å². The SMILES string of the molecule is Cc1c(B2OC(C)(C)C(C)(C)O2)cccc1N1Cc2cccc(F)c2C1=O. The number of fused-ring (bicyclic) bond motifs is 1. The highest BCUT2D eigenvalue weighted by atomic mass is 19.1. The van der Waals surface area contributed by atoms with E-state index >= 15 is 0 Å². The molecule has 2 heterocycles. The van der Waals surface area contributed by atoms with E-state index in [-0.39, 0.29) is 11.5 Å². The standard InChI is InChI=1S/C21H23BFNO3/c1-13-15(22-26-20(2,3)21(4,5)27-22)9-7-11-17(13)24-12-14-8-6-10-16(23)18(14)19(24)25/h6-11H,12H2,1-5H3. The van der Waals surface area contributed by atoms with E-state index < -0.39 is 24.1 Å². The first-order valence-corrected chi connectivity index (χ1v) is 9.17. The third kappa shape index (κ3) is 2.70. The molecule has 1 amide bonds. The van der Waals surface area contributed by atoms with Gasteiger partial charge in [-0.05, 0) is 63.3 Å². The summed E-state index contributed by atoms with van der Waals surface area (Å²) in [5.74, 6) is -0.781. The molecule has 2 aromatic rings. The number of carbonyl (C=O) groups is 1. The van der Waals surface area contributed by atoms with E-state index in [1.165, 1.54) is 6.07 Å². The van der Waals surface area contributed by atoms with Gasteiger partial charge in [0.2, 0.25) is 0 Å². The molecule has 2 aliphatic heterocycles. The summed E-state index contributed by atoms with van der Waals surface area (Å²) in [5, 5.41) is 0. The second-order valence-electron chi connectivity index (χ2n) is 8.24. The molecule has 0 radical (unpaired) electrons. The Labute approximate surface area is 159 Å². The number of amides is 1. The average Bonchev–Trinajstić information content (AvgIpc) is 3.02. The van der Waals surface area contributed by atoms with Crippen molar-refractivity contribution < 1.29 is 18.5 Å². The Morgan fingerprint density at radius 2 is 1.67 bits per heavy atom. The molecule has 2 aromatic carbocycles. The number of carbonyl (C=O) groups excluding carboxylic acids is 1. The zero-order valence-electron chi connectivity index (χ0n) is 16.3. The van der Waals surface area contributed by atoms with E-state index in [0.717, 1.165) is 16.7 Å². The second kappa shape index (κ2) is 5.91. The van der Waals surface area contributed by atoms with Crippen LogP contribution in [-0.2, 0) is 15.9 Å². The van der Waals surface area contributed by atoms with Crippen LogP contribution in [0, 0.1) is 12.7 Å². The minimum absolute atomic E-state index is 0.165. The van der Waals surface area contributed by atoms with Crippen molar-refractivity contribution in [3.63, 3.8) is 0 Å². The number of hydrogen-bond acceptors (Lipinski definition) is 3. The molecule has 0 unspecified atom stereocenters. The van der Waals surface area contributed by atoms with Gasteiger partial charge in [-0.1, -0.05) is 24.3 Å². The van der Waals surface area contributed by atoms with Gasteiger partial charge in [-0.25, -0.2) is 4.39 Å². The molecule has 4 nitrogen and oxygen atoms in total. The van der Waals surface area contributed by atoms with Crippen molar-refractivity contribution in [3.8, 4) is 0 Å². The van der Waals surface area contributed by atoms with Crippen molar-refractivity contribution in [1.29, 1.82) is 0 Å². The molecule has 2 aliphatic rings. The highest BCUT2D eigenvalue weighted by Gasteiger charge is 2.52. The van der Waals surface area contributed by atoms with Crippen molar-refractivity contribution in [2.75, 3.05) is 4.90 Å². The summed E-state index contributed by atoms with van der Waals surface area (Å²) in [6, 6.07) is 10.5. The quantitative estimate of drug-likeness (QED) is 0.762. The number of benzene rings is 2. The van der Waals surface area contributed by atoms with E-state index in [0.29, 0.717) is 12.1 Å². The molecule has 0 aromatic heterocycles. The van der Waals surface area contributed by atoms with Gasteiger partial charge >= 0.3 is 7.12 Å². The van der Waals surface area contributed by atoms with E-state index in [2.05, 4.69) is 0 Å². The van der Waals surface area contributed by atoms with Gasteiger partial charge in [0.05, 0.1) is 23.3 Å². The fourth-order valence-electron chi connectivity index (χ4n) is 3.67. The molecule has 0 aliphatic carbocycles. The maximum absolute atomic E-state index is 14.1. The van der Waals surface area contributed by atoms with Crippen LogP contribution in [0.25, 0.3) is 0 Å². The summed E-state index contributed by atoms with van der Waals surface area (Å²) in [5.41, 5.74) is 2.53. The van der Waals surface area contributed by atoms with Gasteiger partial charge < -0.3 is 14.2 Å². The molecule has 27 heavy (non-hydrogen) atoms. The lowest BCUT2D eigenvalue weighted by Gasteiger charge is -2.32. The highest BCUT2D eigenvalue weighted by Crippen LogP contribution is 2.38. The van der Waals surface area contributed by atoms with Crippen molar-refractivity contribution in [2.45, 2.75) is 52.4 Å². The van der Waals surface area contributed by atoms with E-state index in [9.17, 15) is 9.18 Å². The summed E-state index contributed by atoms with van der Waals surface area (Å²) in [6.07, 6.45) is 0. The first-order valence-electron chi connectivity index (χ1n) is 9.17. The number of hydrogen-bond donors (Lipinski definition) is 0. The van der Waals surface area contributed by atoms with Crippen LogP contribution in [0.5, 0.6) is 0 Å². The van der Waals surface area contributed by atoms with Gasteiger partial charge in [0.1, 0.15) is 5.82 Å². The zero-order valence-corrected chi connectivity index (χ0v) is 16.3. The van der Waals surface area contributed by atoms with Gasteiger partial charge in [-0.3, -0.25) is 4.79 Å². The molecule has 0 N–H and O–H groups in total. The molecule has 0 atom stereocenters. The molecule has 0 bridgehead atoms. The van der Waals surface area contributed by atoms with Gasteiger partial charge in [-0.15, -0.1) is 0 Å². The lowest BCUT2D eigenvalue weighted by atomic mass is 9.75. The Bertz CT molecular complexity index is 925. The van der Waals surface area contributed by atoms with E-state index in [4.69, 9.17) is 9.31 Å². The Balaban J connectivity index is 1.71. The van der Waals surface area contributed by atoms with Crippen LogP contribution in [0.4, 0.5) is 10.1 Å². The predicted molar refractivity (Wildman–Crippen MR) is 104 cm³/mol. The monoisotopic (exact) mass is 367 g/mol. The van der Waals surface area contributed by atoms with Crippen LogP contribution in [0.2, 0.25) is 0 Å². The largest absolute Gasteiger partial charge is 0.495 e. The topological polar surface area (TPSA) is 38.8 Å². The van der Waals surface area contributed by atoms with Crippen LogP contribution in [-0.4, -0.2) is 24.2 Å². The molecule has 0 spiro atoms. The lowest BCUT2D eigenvalue weighted by molar-refractivity contribution is 0.00578. The van der Waals surface area contributed by atoms with Crippen LogP contribution in [0.3, 0.4) is 0 Å². The van der Waals surface area contributed by atoms with Crippen molar-refractivity contribution in [1.82, 2.24) is 0 Å². The summed E-state index contributed by atoms with van der Waals surface area (Å²) in [7, 11) is -0.508. The van der Waals surface area contributed by atoms with E-state index in [1.807, 2.05) is 52.8 Å². The van der Waals surface area contributed by atoms with Crippen LogP contribution in [0.15, 0.2) is 36.4 Å². The summed E-state index contributed by atoms with van der Waals surface area (Å²) < 4.78 is 26.5. The first kappa shape index (κ1) is 18.2. The summed E-state index contributed by atoms with van der Waals surface area (Å²) in [6.45, 7) is 10.3. The minimum Gasteiger partial charge on any atom is -0.399 e. The Morgan fingerprint density at radius 1 is 1.04 bits per heavy atom. The highest BCUT2D eigenvalue weighted by molar-refractivity contribution is 6.62. The predicted octanol–water partition coefficient (Wildman–Crippen LogP) is 3.59. The molecule has 0 saturated carbocycles. The average molecular weight is 367 g/mol. The van der Waals surface area contributed by atoms with Crippen LogP contribution >= 0.6 is 0 Å². The van der Waals surface area contributed by atoms with Gasteiger partial charge in [-0.2, -0.15) is 0 Å². The lowest BCUT2D eigenvalue weighted by Crippen LogP contribution is -2.41. The number of nitrogens with zero attached hydrogens (tertiary/aromatic N) is 1. The van der Waals surface area contributed by atoms with Crippen LogP contribution in [0.1, 0.15) is 49.2 Å². The third-order valence-corrected chi connectivity index (χ3v) is 6.03. The normalized spacial score (nSPS) is 20.3. The first-order chi connectivity index (χ1) is 12.6. The smallest absolute Gasteiger partial charge is 0.399 e. The van der Waals surface area contributed by atoms with Crippen molar-refractivity contribution >= 4 is 24.2 Å². The molecule has 6 heteroatoms. The fourth-order valence-corrected chi connectivity index (χ4v) is 3.67. The van der Waals surface area contributed by atoms with Gasteiger partial charge in [0, 0.05) is 5.69 Å². The summed E-state index contributed by atoms with van der Waals surface area (Å²) >= 11 is 0. The maximum atomic E-state index is 14.1. The number of rotatable bonds is 2. The zero-order chi connectivity index (χ0) is 19.6. The van der Waals surface area contributed by atoms with Crippen molar-refractivity contribution in [3.05, 3.63) is 58.9 Å².